The number of hydrogen-bond donors (Lipinski definition) is 0. The van der Waals surface area contributed by atoms with E-state index in [1.165, 1.54) is 12.1 Å². The number of fused-ring (bicyclic) bond motifs is 1. The number of hydrogen-bond acceptors (Lipinski definition) is 7. The number of carbonyl (C=O) groups is 1. The van der Waals surface area contributed by atoms with E-state index in [0.717, 1.165) is 12.6 Å². The van der Waals surface area contributed by atoms with E-state index >= 15 is 0 Å². The van der Waals surface area contributed by atoms with Crippen molar-refractivity contribution in [3.05, 3.63) is 73.5 Å². The van der Waals surface area contributed by atoms with Crippen LogP contribution < -0.4 is 16.0 Å². The van der Waals surface area contributed by atoms with Gasteiger partial charge in [0.2, 0.25) is 0 Å². The Morgan fingerprint density at radius 1 is 1.10 bits per heavy atom. The molecule has 0 bridgehead atoms. The molecule has 0 spiro atoms. The van der Waals surface area contributed by atoms with Gasteiger partial charge in [0.25, 0.3) is 5.56 Å². The van der Waals surface area contributed by atoms with Crippen molar-refractivity contribution in [3.63, 3.8) is 0 Å². The van der Waals surface area contributed by atoms with Crippen LogP contribution >= 0.6 is 11.6 Å². The minimum Gasteiger partial charge on any atom is -0.482 e. The van der Waals surface area contributed by atoms with E-state index in [0.29, 0.717) is 26.5 Å². The van der Waals surface area contributed by atoms with E-state index in [9.17, 15) is 27.6 Å². The monoisotopic (exact) mass is 565 g/mol. The molecule has 0 aliphatic heterocycles. The Hall–Kier alpha value is -4.06. The molecule has 39 heavy (non-hydrogen) atoms. The van der Waals surface area contributed by atoms with Gasteiger partial charge in [-0.2, -0.15) is 13.2 Å². The smallest absolute Gasteiger partial charge is 0.431 e. The summed E-state index contributed by atoms with van der Waals surface area (Å²) in [6.07, 6.45) is -4.91. The molecule has 0 aliphatic rings. The Bertz CT molecular complexity index is 1710. The molecular weight excluding hydrogens is 543 g/mol. The first-order valence-electron chi connectivity index (χ1n) is 11.5. The van der Waals surface area contributed by atoms with Crippen molar-refractivity contribution >= 4 is 28.5 Å². The van der Waals surface area contributed by atoms with Crippen molar-refractivity contribution in [1.82, 2.24) is 14.3 Å². The molecule has 0 fully saturated rings. The van der Waals surface area contributed by atoms with Crippen LogP contribution in [0.25, 0.3) is 27.9 Å². The molecule has 0 aliphatic carbocycles. The van der Waals surface area contributed by atoms with E-state index in [1.54, 1.807) is 45.9 Å². The van der Waals surface area contributed by atoms with Gasteiger partial charge in [-0.05, 0) is 57.5 Å². The SMILES string of the molecule is Cc1ccc(OCC(=O)OC(C)(C)C)cc1-c1noc2ccc(-n3c(=O)cc(C(F)(F)F)n(C)c3=O)c(Cl)c12. The molecule has 4 aromatic rings. The average molecular weight is 566 g/mol. The number of carbonyl (C=O) groups excluding carboxylic acids is 1. The van der Waals surface area contributed by atoms with Crippen LogP contribution in [0.4, 0.5) is 13.2 Å². The Morgan fingerprint density at radius 3 is 2.44 bits per heavy atom. The van der Waals surface area contributed by atoms with Gasteiger partial charge in [0, 0.05) is 18.7 Å². The van der Waals surface area contributed by atoms with Crippen LogP contribution in [0.5, 0.6) is 5.75 Å². The average Bonchev–Trinajstić information content (AvgIpc) is 3.25. The largest absolute Gasteiger partial charge is 0.482 e. The molecule has 0 radical (unpaired) electrons. The van der Waals surface area contributed by atoms with Crippen LogP contribution in [0.1, 0.15) is 32.0 Å². The van der Waals surface area contributed by atoms with Crippen LogP contribution in [0.2, 0.25) is 5.02 Å². The molecule has 0 N–H and O–H groups in total. The third-order valence-corrected chi connectivity index (χ3v) is 6.03. The van der Waals surface area contributed by atoms with Crippen LogP contribution in [-0.4, -0.2) is 32.5 Å². The molecule has 4 rings (SSSR count). The fourth-order valence-corrected chi connectivity index (χ4v) is 4.25. The van der Waals surface area contributed by atoms with Gasteiger partial charge in [-0.25, -0.2) is 14.2 Å². The maximum absolute atomic E-state index is 13.3. The van der Waals surface area contributed by atoms with Gasteiger partial charge in [-0.15, -0.1) is 0 Å². The predicted octanol–water partition coefficient (Wildman–Crippen LogP) is 5.05. The zero-order valence-corrected chi connectivity index (χ0v) is 22.2. The summed E-state index contributed by atoms with van der Waals surface area (Å²) < 4.78 is 56.9. The molecule has 2 aromatic carbocycles. The molecular formula is C26H23ClF3N3O6. The van der Waals surface area contributed by atoms with Crippen LogP contribution in [0.3, 0.4) is 0 Å². The van der Waals surface area contributed by atoms with Gasteiger partial charge in [-0.1, -0.05) is 22.8 Å². The van der Waals surface area contributed by atoms with Gasteiger partial charge in [0.1, 0.15) is 22.7 Å². The third kappa shape index (κ3) is 5.56. The first-order chi connectivity index (χ1) is 18.1. The summed E-state index contributed by atoms with van der Waals surface area (Å²) in [7, 11) is 0.907. The number of nitrogens with zero attached hydrogens (tertiary/aromatic N) is 3. The van der Waals surface area contributed by atoms with Crippen LogP contribution in [-0.2, 0) is 22.8 Å². The summed E-state index contributed by atoms with van der Waals surface area (Å²) in [5.74, 6) is -0.245. The summed E-state index contributed by atoms with van der Waals surface area (Å²) in [6.45, 7) is 6.64. The first-order valence-corrected chi connectivity index (χ1v) is 11.9. The Morgan fingerprint density at radius 2 is 1.79 bits per heavy atom. The second-order valence-electron chi connectivity index (χ2n) is 9.70. The van der Waals surface area contributed by atoms with E-state index in [-0.39, 0.29) is 34.0 Å². The second-order valence-corrected chi connectivity index (χ2v) is 10.1. The van der Waals surface area contributed by atoms with E-state index in [2.05, 4.69) is 5.16 Å². The highest BCUT2D eigenvalue weighted by Crippen LogP contribution is 2.38. The van der Waals surface area contributed by atoms with Gasteiger partial charge in [0.15, 0.2) is 12.2 Å². The number of rotatable bonds is 5. The zero-order chi connectivity index (χ0) is 28.9. The molecule has 0 unspecified atom stereocenters. The summed E-state index contributed by atoms with van der Waals surface area (Å²) in [5, 5.41) is 4.17. The summed E-state index contributed by atoms with van der Waals surface area (Å²) in [4.78, 5) is 37.5. The minimum absolute atomic E-state index is 0.137. The lowest BCUT2D eigenvalue weighted by Gasteiger charge is -2.19. The van der Waals surface area contributed by atoms with Crippen molar-refractivity contribution in [2.24, 2.45) is 7.05 Å². The fraction of sp³-hybridized carbons (Fsp3) is 0.308. The normalized spacial score (nSPS) is 12.1. The molecule has 13 heteroatoms. The lowest BCUT2D eigenvalue weighted by molar-refractivity contribution is -0.157. The maximum Gasteiger partial charge on any atom is 0.431 e. The highest BCUT2D eigenvalue weighted by Gasteiger charge is 2.35. The zero-order valence-electron chi connectivity index (χ0n) is 21.5. The van der Waals surface area contributed by atoms with Crippen molar-refractivity contribution in [2.45, 2.75) is 39.5 Å². The number of benzene rings is 2. The number of aromatic nitrogens is 3. The number of esters is 1. The summed E-state index contributed by atoms with van der Waals surface area (Å²) >= 11 is 6.63. The van der Waals surface area contributed by atoms with Crippen LogP contribution in [0.15, 0.2) is 50.5 Å². The molecule has 206 valence electrons. The number of alkyl halides is 3. The Labute approximate surface area is 224 Å². The van der Waals surface area contributed by atoms with Crippen molar-refractivity contribution in [3.8, 4) is 22.7 Å². The fourth-order valence-electron chi connectivity index (χ4n) is 3.92. The van der Waals surface area contributed by atoms with E-state index in [1.807, 2.05) is 0 Å². The minimum atomic E-state index is -4.91. The number of halogens is 4. The van der Waals surface area contributed by atoms with Crippen molar-refractivity contribution in [2.75, 3.05) is 6.61 Å². The Kier molecular flexibility index (Phi) is 7.11. The van der Waals surface area contributed by atoms with Gasteiger partial charge < -0.3 is 14.0 Å². The van der Waals surface area contributed by atoms with Gasteiger partial charge >= 0.3 is 17.8 Å². The highest BCUT2D eigenvalue weighted by molar-refractivity contribution is 6.38. The van der Waals surface area contributed by atoms with Gasteiger partial charge in [0.05, 0.1) is 16.1 Å². The second kappa shape index (κ2) is 9.92. The van der Waals surface area contributed by atoms with Crippen molar-refractivity contribution < 1.29 is 32.0 Å². The molecule has 0 atom stereocenters. The predicted molar refractivity (Wildman–Crippen MR) is 136 cm³/mol. The molecule has 0 saturated carbocycles. The molecule has 2 aromatic heterocycles. The summed E-state index contributed by atoms with van der Waals surface area (Å²) in [6, 6.07) is 7.96. The van der Waals surface area contributed by atoms with Gasteiger partial charge in [-0.3, -0.25) is 9.36 Å². The lowest BCUT2D eigenvalue weighted by atomic mass is 10.0. The van der Waals surface area contributed by atoms with E-state index in [4.69, 9.17) is 25.6 Å². The summed E-state index contributed by atoms with van der Waals surface area (Å²) in [5.41, 5.74) is -3.01. The van der Waals surface area contributed by atoms with Crippen molar-refractivity contribution in [1.29, 1.82) is 0 Å². The topological polar surface area (TPSA) is 106 Å². The quantitative estimate of drug-likeness (QED) is 0.312. The number of ether oxygens (including phenoxy) is 2. The molecule has 0 amide bonds. The van der Waals surface area contributed by atoms with E-state index < -0.39 is 34.7 Å². The molecule has 9 nitrogen and oxygen atoms in total. The standard InChI is InChI=1S/C26H23ClF3N3O6/c1-13-6-7-14(37-12-20(35)38-25(2,3)4)10-15(13)23-21-17(39-31-23)9-8-16(22(21)27)33-19(34)11-18(26(28,29)30)32(5)24(33)36/h6-11H,12H2,1-5H3. The van der Waals surface area contributed by atoms with Crippen LogP contribution in [0, 0.1) is 6.92 Å². The number of aryl methyl sites for hydroxylation is 1. The lowest BCUT2D eigenvalue weighted by Crippen LogP contribution is -2.40. The third-order valence-electron chi connectivity index (χ3n) is 5.65. The molecule has 0 saturated heterocycles. The molecule has 2 heterocycles. The Balaban J connectivity index is 1.80. The highest BCUT2D eigenvalue weighted by atomic mass is 35.5. The maximum atomic E-state index is 13.3. The first kappa shape index (κ1) is 28.0.